The summed E-state index contributed by atoms with van der Waals surface area (Å²) in [5.41, 5.74) is 7.91. The normalized spacial score (nSPS) is 17.0. The number of likely N-dealkylation sites (tertiary alicyclic amines) is 1. The van der Waals surface area contributed by atoms with Gasteiger partial charge in [-0.15, -0.1) is 37.2 Å². The number of methoxy groups -OCH3 is 2. The monoisotopic (exact) mass is 641 g/mol. The number of halogens is 4. The van der Waals surface area contributed by atoms with Crippen LogP contribution in [0.3, 0.4) is 0 Å². The number of ether oxygens (including phenoxy) is 2. The molecular formula is C32H43Cl4N3O2. The van der Waals surface area contributed by atoms with Crippen molar-refractivity contribution in [3.05, 3.63) is 57.7 Å². The van der Waals surface area contributed by atoms with Crippen LogP contribution in [-0.2, 0) is 25.7 Å². The summed E-state index contributed by atoms with van der Waals surface area (Å²) in [7, 11) is 3.45. The van der Waals surface area contributed by atoms with E-state index in [-0.39, 0.29) is 37.2 Å². The van der Waals surface area contributed by atoms with Crippen molar-refractivity contribution < 1.29 is 9.47 Å². The molecule has 0 spiro atoms. The van der Waals surface area contributed by atoms with Gasteiger partial charge < -0.3 is 19.7 Å². The Morgan fingerprint density at radius 3 is 2.22 bits per heavy atom. The highest BCUT2D eigenvalue weighted by atomic mass is 35.5. The van der Waals surface area contributed by atoms with Crippen molar-refractivity contribution in [2.75, 3.05) is 45.7 Å². The van der Waals surface area contributed by atoms with Gasteiger partial charge in [-0.05, 0) is 130 Å². The fraction of sp³-hybridized carbons (Fsp3) is 0.531. The molecule has 0 amide bonds. The summed E-state index contributed by atoms with van der Waals surface area (Å²) in [6.07, 6.45) is 11.0. The number of pyridine rings is 1. The number of benzene rings is 2. The molecule has 1 saturated heterocycles. The fourth-order valence-electron chi connectivity index (χ4n) is 7.06. The summed E-state index contributed by atoms with van der Waals surface area (Å²) >= 11 is 6.30. The van der Waals surface area contributed by atoms with Gasteiger partial charge in [-0.25, -0.2) is 0 Å². The second-order valence-corrected chi connectivity index (χ2v) is 11.9. The van der Waals surface area contributed by atoms with Crippen LogP contribution in [0.5, 0.6) is 11.5 Å². The molecule has 3 aliphatic rings. The first kappa shape index (κ1) is 33.9. The van der Waals surface area contributed by atoms with E-state index in [1.54, 1.807) is 14.2 Å². The first-order valence-corrected chi connectivity index (χ1v) is 14.8. The minimum atomic E-state index is 0. The topological polar surface area (TPSA) is 46.6 Å². The van der Waals surface area contributed by atoms with Gasteiger partial charge in [0.1, 0.15) is 0 Å². The highest BCUT2D eigenvalue weighted by Crippen LogP contribution is 2.40. The van der Waals surface area contributed by atoms with Crippen LogP contribution < -0.4 is 14.8 Å². The molecule has 1 fully saturated rings. The Labute approximate surface area is 268 Å². The SMILES string of the molecule is COc1cc2c(cc1OC)CC(CC1CCN(CCNc3c4c(nc5cc(Cl)ccc35)CCCC4)CC1)C2.Cl.Cl.Cl. The second-order valence-electron chi connectivity index (χ2n) is 11.5. The zero-order chi connectivity index (χ0) is 26.1. The Bertz CT molecular complexity index is 1280. The number of aromatic nitrogens is 1. The van der Waals surface area contributed by atoms with Gasteiger partial charge in [0.15, 0.2) is 11.5 Å². The van der Waals surface area contributed by atoms with Crippen molar-refractivity contribution in [2.24, 2.45) is 11.8 Å². The minimum absolute atomic E-state index is 0. The standard InChI is InChI=1S/C32H40ClN3O2.3ClH/c1-37-30-18-23-16-22(17-24(23)19-31(30)38-2)15-21-9-12-36(13-10-21)14-11-34-32-26-5-3-4-6-28(26)35-29-20-25(33)7-8-27(29)32;;;/h7-8,18-22H,3-6,9-17H2,1-2H3,(H,34,35);3*1H. The summed E-state index contributed by atoms with van der Waals surface area (Å²) in [4.78, 5) is 7.62. The van der Waals surface area contributed by atoms with Gasteiger partial charge in [0.25, 0.3) is 0 Å². The van der Waals surface area contributed by atoms with Crippen LogP contribution in [0.2, 0.25) is 5.02 Å². The van der Waals surface area contributed by atoms with Crippen molar-refractivity contribution >= 4 is 65.4 Å². The molecule has 2 heterocycles. The maximum Gasteiger partial charge on any atom is 0.161 e. The van der Waals surface area contributed by atoms with Crippen LogP contribution in [0.4, 0.5) is 5.69 Å². The zero-order valence-electron chi connectivity index (χ0n) is 24.0. The molecule has 41 heavy (non-hydrogen) atoms. The molecular weight excluding hydrogens is 600 g/mol. The van der Waals surface area contributed by atoms with Crippen LogP contribution in [0, 0.1) is 11.8 Å². The smallest absolute Gasteiger partial charge is 0.161 e. The number of fused-ring (bicyclic) bond motifs is 3. The Morgan fingerprint density at radius 2 is 1.56 bits per heavy atom. The van der Waals surface area contributed by atoms with E-state index in [9.17, 15) is 0 Å². The summed E-state index contributed by atoms with van der Waals surface area (Å²) in [5, 5.41) is 5.81. The van der Waals surface area contributed by atoms with Crippen molar-refractivity contribution in [1.29, 1.82) is 0 Å². The zero-order valence-corrected chi connectivity index (χ0v) is 27.3. The number of rotatable bonds is 8. The number of piperidine rings is 1. The summed E-state index contributed by atoms with van der Waals surface area (Å²) < 4.78 is 11.1. The Morgan fingerprint density at radius 1 is 0.902 bits per heavy atom. The van der Waals surface area contributed by atoms with Crippen LogP contribution in [0.15, 0.2) is 30.3 Å². The average molecular weight is 644 g/mol. The molecule has 226 valence electrons. The summed E-state index contributed by atoms with van der Waals surface area (Å²) in [6, 6.07) is 10.5. The number of hydrogen-bond donors (Lipinski definition) is 1. The van der Waals surface area contributed by atoms with Crippen molar-refractivity contribution in [2.45, 2.75) is 57.8 Å². The van der Waals surface area contributed by atoms with E-state index in [4.69, 9.17) is 26.1 Å². The van der Waals surface area contributed by atoms with E-state index in [1.165, 1.54) is 91.5 Å². The maximum absolute atomic E-state index is 6.30. The van der Waals surface area contributed by atoms with E-state index in [1.807, 2.05) is 12.1 Å². The first-order valence-electron chi connectivity index (χ1n) is 14.4. The van der Waals surface area contributed by atoms with Crippen molar-refractivity contribution in [3.63, 3.8) is 0 Å². The third-order valence-corrected chi connectivity index (χ3v) is 9.29. The lowest BCUT2D eigenvalue weighted by molar-refractivity contribution is 0.172. The molecule has 2 aromatic carbocycles. The van der Waals surface area contributed by atoms with Gasteiger partial charge in [-0.3, -0.25) is 4.98 Å². The van der Waals surface area contributed by atoms with E-state index in [2.05, 4.69) is 28.4 Å². The van der Waals surface area contributed by atoms with Gasteiger partial charge in [-0.2, -0.15) is 0 Å². The second kappa shape index (κ2) is 15.2. The Balaban J connectivity index is 0.00000154. The van der Waals surface area contributed by atoms with Crippen molar-refractivity contribution in [1.82, 2.24) is 9.88 Å². The average Bonchev–Trinajstić information content (AvgIpc) is 3.33. The summed E-state index contributed by atoms with van der Waals surface area (Å²) in [5.74, 6) is 3.30. The molecule has 0 unspecified atom stereocenters. The maximum atomic E-state index is 6.30. The molecule has 0 bridgehead atoms. The largest absolute Gasteiger partial charge is 0.493 e. The van der Waals surface area contributed by atoms with Gasteiger partial charge in [0.05, 0.1) is 19.7 Å². The molecule has 1 aliphatic heterocycles. The van der Waals surface area contributed by atoms with Gasteiger partial charge in [0.2, 0.25) is 0 Å². The lowest BCUT2D eigenvalue weighted by atomic mass is 9.86. The molecule has 1 N–H and O–H groups in total. The Kier molecular flexibility index (Phi) is 12.6. The van der Waals surface area contributed by atoms with Gasteiger partial charge >= 0.3 is 0 Å². The quantitative estimate of drug-likeness (QED) is 0.270. The van der Waals surface area contributed by atoms with E-state index < -0.39 is 0 Å². The lowest BCUT2D eigenvalue weighted by Crippen LogP contribution is -2.37. The predicted octanol–water partition coefficient (Wildman–Crippen LogP) is 7.98. The number of anilines is 1. The Hall–Kier alpha value is -1.63. The lowest BCUT2D eigenvalue weighted by Gasteiger charge is -2.33. The molecule has 6 rings (SSSR count). The number of aryl methyl sites for hydroxylation is 1. The van der Waals surface area contributed by atoms with Gasteiger partial charge in [0, 0.05) is 34.9 Å². The number of hydrogen-bond acceptors (Lipinski definition) is 5. The number of nitrogens with one attached hydrogen (secondary N) is 1. The van der Waals surface area contributed by atoms with E-state index >= 15 is 0 Å². The van der Waals surface area contributed by atoms with Crippen LogP contribution >= 0.6 is 48.8 Å². The molecule has 0 atom stereocenters. The predicted molar refractivity (Wildman–Crippen MR) is 178 cm³/mol. The highest BCUT2D eigenvalue weighted by molar-refractivity contribution is 6.31. The van der Waals surface area contributed by atoms with Crippen LogP contribution in [-0.4, -0.2) is 50.3 Å². The van der Waals surface area contributed by atoms with E-state index in [0.717, 1.165) is 59.8 Å². The highest BCUT2D eigenvalue weighted by Gasteiger charge is 2.28. The molecule has 5 nitrogen and oxygen atoms in total. The fourth-order valence-corrected chi connectivity index (χ4v) is 7.23. The third kappa shape index (κ3) is 7.48. The molecule has 0 radical (unpaired) electrons. The van der Waals surface area contributed by atoms with Gasteiger partial charge in [-0.1, -0.05) is 11.6 Å². The van der Waals surface area contributed by atoms with E-state index in [0.29, 0.717) is 0 Å². The van der Waals surface area contributed by atoms with Crippen LogP contribution in [0.1, 0.15) is 54.5 Å². The van der Waals surface area contributed by atoms with Crippen LogP contribution in [0.25, 0.3) is 10.9 Å². The minimum Gasteiger partial charge on any atom is -0.493 e. The first-order chi connectivity index (χ1) is 18.6. The molecule has 1 aromatic heterocycles. The molecule has 0 saturated carbocycles. The molecule has 3 aromatic rings. The summed E-state index contributed by atoms with van der Waals surface area (Å²) in [6.45, 7) is 4.48. The number of nitrogens with zero attached hydrogens (tertiary/aromatic N) is 2. The van der Waals surface area contributed by atoms with Crippen molar-refractivity contribution in [3.8, 4) is 11.5 Å². The third-order valence-electron chi connectivity index (χ3n) is 9.05. The molecule has 2 aliphatic carbocycles. The molecule has 9 heteroatoms.